The van der Waals surface area contributed by atoms with Gasteiger partial charge in [0, 0.05) is 31.5 Å². The number of β-lactam (4-membered cyclic amide) rings is 1. The highest BCUT2D eigenvalue weighted by Gasteiger charge is 2.55. The van der Waals surface area contributed by atoms with Gasteiger partial charge >= 0.3 is 6.03 Å². The normalized spacial score (nSPS) is 17.6. The van der Waals surface area contributed by atoms with Gasteiger partial charge in [0.05, 0.1) is 23.8 Å². The number of rotatable bonds is 7. The van der Waals surface area contributed by atoms with Crippen LogP contribution in [0.15, 0.2) is 42.7 Å². The van der Waals surface area contributed by atoms with Crippen molar-refractivity contribution in [2.45, 2.75) is 45.7 Å². The van der Waals surface area contributed by atoms with Crippen molar-refractivity contribution in [3.05, 3.63) is 70.9 Å². The van der Waals surface area contributed by atoms with Gasteiger partial charge in [0.15, 0.2) is 0 Å². The lowest BCUT2D eigenvalue weighted by molar-refractivity contribution is -0.156. The molecule has 3 heterocycles. The maximum atomic E-state index is 14.6. The first kappa shape index (κ1) is 26.8. The van der Waals surface area contributed by atoms with Crippen LogP contribution in [0.5, 0.6) is 0 Å². The van der Waals surface area contributed by atoms with Gasteiger partial charge in [0.1, 0.15) is 17.7 Å². The highest BCUT2D eigenvalue weighted by molar-refractivity contribution is 6.12. The van der Waals surface area contributed by atoms with Crippen LogP contribution in [-0.2, 0) is 23.1 Å². The molecule has 0 unspecified atom stereocenters. The van der Waals surface area contributed by atoms with Crippen molar-refractivity contribution in [3.63, 3.8) is 0 Å². The van der Waals surface area contributed by atoms with E-state index < -0.39 is 41.7 Å². The van der Waals surface area contributed by atoms with E-state index in [0.717, 1.165) is 16.0 Å². The van der Waals surface area contributed by atoms with E-state index in [1.807, 2.05) is 13.8 Å². The molecule has 1 fully saturated rings. The smallest absolute Gasteiger partial charge is 0.325 e. The lowest BCUT2D eigenvalue weighted by Crippen LogP contribution is -2.70. The van der Waals surface area contributed by atoms with Crippen molar-refractivity contribution in [3.8, 4) is 0 Å². The van der Waals surface area contributed by atoms with Gasteiger partial charge < -0.3 is 16.0 Å². The van der Waals surface area contributed by atoms with Gasteiger partial charge in [-0.15, -0.1) is 0 Å². The minimum atomic E-state index is -1.07. The Morgan fingerprint density at radius 2 is 1.97 bits per heavy atom. The molecule has 11 heteroatoms. The Hall–Kier alpha value is -4.28. The number of pyridine rings is 1. The Bertz CT molecular complexity index is 1370. The molecule has 0 saturated carbocycles. The van der Waals surface area contributed by atoms with Crippen LogP contribution in [0.3, 0.4) is 0 Å². The number of aryl methyl sites for hydroxylation is 3. The van der Waals surface area contributed by atoms with Gasteiger partial charge in [0.25, 0.3) is 5.91 Å². The third kappa shape index (κ3) is 5.22. The zero-order valence-corrected chi connectivity index (χ0v) is 22.1. The predicted octanol–water partition coefficient (Wildman–Crippen LogP) is 3.05. The number of imide groups is 1. The van der Waals surface area contributed by atoms with Crippen molar-refractivity contribution in [1.82, 2.24) is 25.0 Å². The number of carbonyl (C=O) groups is 3. The van der Waals surface area contributed by atoms with Crippen LogP contribution in [0.25, 0.3) is 0 Å². The van der Waals surface area contributed by atoms with Crippen LogP contribution in [0.1, 0.15) is 41.8 Å². The van der Waals surface area contributed by atoms with Crippen LogP contribution in [0.2, 0.25) is 0 Å². The molecule has 1 aromatic carbocycles. The summed E-state index contributed by atoms with van der Waals surface area (Å²) in [7, 11) is 3.30. The summed E-state index contributed by atoms with van der Waals surface area (Å²) >= 11 is 0. The second-order valence-corrected chi connectivity index (χ2v) is 9.71. The van der Waals surface area contributed by atoms with Gasteiger partial charge in [-0.1, -0.05) is 24.6 Å². The molecule has 3 N–H and O–H groups in total. The second kappa shape index (κ2) is 10.6. The van der Waals surface area contributed by atoms with Gasteiger partial charge in [-0.3, -0.25) is 19.2 Å². The SMILES string of the molecule is CC[C@@H](NC(=O)N1C(=O)[C@H](Cc2cc(C)nc(N)c2)[C@H]1C(=O)N(C)c1cnn(C)c1)c1cc(C)ccc1F. The Balaban J connectivity index is 1.63. The number of halogens is 1. The summed E-state index contributed by atoms with van der Waals surface area (Å²) in [6, 6.07) is 5.62. The molecule has 0 spiro atoms. The van der Waals surface area contributed by atoms with E-state index in [9.17, 15) is 18.8 Å². The quantitative estimate of drug-likeness (QED) is 0.460. The van der Waals surface area contributed by atoms with E-state index in [-0.39, 0.29) is 6.42 Å². The molecule has 4 amide bonds. The number of urea groups is 1. The summed E-state index contributed by atoms with van der Waals surface area (Å²) in [4.78, 5) is 46.9. The number of nitrogens with one attached hydrogen (secondary N) is 1. The van der Waals surface area contributed by atoms with Crippen molar-refractivity contribution >= 4 is 29.4 Å². The minimum absolute atomic E-state index is 0.206. The number of hydrogen-bond acceptors (Lipinski definition) is 6. The highest BCUT2D eigenvalue weighted by Crippen LogP contribution is 2.34. The topological polar surface area (TPSA) is 126 Å². The third-order valence-electron chi connectivity index (χ3n) is 6.82. The molecule has 10 nitrogen and oxygen atoms in total. The summed E-state index contributed by atoms with van der Waals surface area (Å²) in [5.41, 5.74) is 8.99. The predicted molar refractivity (Wildman–Crippen MR) is 141 cm³/mol. The number of aromatic nitrogens is 3. The van der Waals surface area contributed by atoms with E-state index in [4.69, 9.17) is 5.73 Å². The van der Waals surface area contributed by atoms with E-state index in [1.54, 1.807) is 56.2 Å². The first-order valence-electron chi connectivity index (χ1n) is 12.4. The molecule has 38 heavy (non-hydrogen) atoms. The largest absolute Gasteiger partial charge is 0.384 e. The number of nitrogen functional groups attached to an aromatic ring is 1. The minimum Gasteiger partial charge on any atom is -0.384 e. The molecule has 0 aliphatic carbocycles. The zero-order valence-electron chi connectivity index (χ0n) is 22.1. The molecule has 1 saturated heterocycles. The Morgan fingerprint density at radius 1 is 1.24 bits per heavy atom. The Morgan fingerprint density at radius 3 is 2.61 bits per heavy atom. The monoisotopic (exact) mass is 521 g/mol. The van der Waals surface area contributed by atoms with E-state index in [0.29, 0.717) is 29.2 Å². The van der Waals surface area contributed by atoms with E-state index in [1.165, 1.54) is 17.2 Å². The number of carbonyl (C=O) groups excluding carboxylic acids is 3. The lowest BCUT2D eigenvalue weighted by Gasteiger charge is -2.46. The summed E-state index contributed by atoms with van der Waals surface area (Å²) in [6.45, 7) is 5.43. The number of nitrogens with zero attached hydrogens (tertiary/aromatic N) is 5. The molecule has 0 radical (unpaired) electrons. The maximum Gasteiger partial charge on any atom is 0.325 e. The van der Waals surface area contributed by atoms with Crippen LogP contribution in [-0.4, -0.2) is 50.6 Å². The number of hydrogen-bond donors (Lipinski definition) is 2. The van der Waals surface area contributed by atoms with Crippen molar-refractivity contribution in [1.29, 1.82) is 0 Å². The standard InChI is InChI=1S/C27H32FN7O3/c1-6-22(19-9-15(2)7-8-21(19)28)32-27(38)35-24(26(37)34(5)18-13-30-33(4)14-18)20(25(35)36)11-17-10-16(3)31-23(29)12-17/h7-10,12-14,20,22,24H,6,11H2,1-5H3,(H2,29,31)(H,32,38)/t20-,22-,24+/m1/s1. The molecular formula is C27H32FN7O3. The van der Waals surface area contributed by atoms with Gasteiger partial charge in [-0.05, 0) is 50.5 Å². The highest BCUT2D eigenvalue weighted by atomic mass is 19.1. The molecule has 200 valence electrons. The number of likely N-dealkylation sites (N-methyl/N-ethyl adjacent to an activating group) is 1. The number of nitrogens with two attached hydrogens (primary N) is 1. The summed E-state index contributed by atoms with van der Waals surface area (Å²) < 4.78 is 16.1. The summed E-state index contributed by atoms with van der Waals surface area (Å²) in [5.74, 6) is -1.86. The van der Waals surface area contributed by atoms with Crippen LogP contribution >= 0.6 is 0 Å². The fraction of sp³-hybridized carbons (Fsp3) is 0.370. The van der Waals surface area contributed by atoms with Gasteiger partial charge in [-0.25, -0.2) is 14.2 Å². The fourth-order valence-corrected chi connectivity index (χ4v) is 4.85. The van der Waals surface area contributed by atoms with E-state index >= 15 is 0 Å². The van der Waals surface area contributed by atoms with Gasteiger partial charge in [0.2, 0.25) is 5.91 Å². The summed E-state index contributed by atoms with van der Waals surface area (Å²) in [6.07, 6.45) is 3.79. The molecule has 2 aromatic heterocycles. The Kier molecular flexibility index (Phi) is 7.47. The third-order valence-corrected chi connectivity index (χ3v) is 6.82. The van der Waals surface area contributed by atoms with Crippen molar-refractivity contribution in [2.24, 2.45) is 13.0 Å². The average molecular weight is 522 g/mol. The van der Waals surface area contributed by atoms with E-state index in [2.05, 4.69) is 15.4 Å². The lowest BCUT2D eigenvalue weighted by atomic mass is 9.81. The van der Waals surface area contributed by atoms with Crippen LogP contribution in [0.4, 0.5) is 20.7 Å². The molecule has 0 bridgehead atoms. The summed E-state index contributed by atoms with van der Waals surface area (Å²) in [5, 5.41) is 6.87. The number of amides is 4. The molecule has 4 rings (SSSR count). The van der Waals surface area contributed by atoms with Gasteiger partial charge in [-0.2, -0.15) is 5.10 Å². The molecule has 3 aromatic rings. The second-order valence-electron chi connectivity index (χ2n) is 9.71. The number of likely N-dealkylation sites (tertiary alicyclic amines) is 1. The zero-order chi connectivity index (χ0) is 27.7. The molecular weight excluding hydrogens is 489 g/mol. The average Bonchev–Trinajstić information content (AvgIpc) is 3.30. The molecule has 1 aliphatic rings. The van der Waals surface area contributed by atoms with Crippen molar-refractivity contribution in [2.75, 3.05) is 17.7 Å². The Labute approximate surface area is 220 Å². The maximum absolute atomic E-state index is 14.6. The first-order chi connectivity index (χ1) is 18.0. The number of anilines is 2. The van der Waals surface area contributed by atoms with Crippen LogP contribution in [0, 0.1) is 25.6 Å². The first-order valence-corrected chi connectivity index (χ1v) is 12.4. The van der Waals surface area contributed by atoms with Crippen LogP contribution < -0.4 is 16.0 Å². The fourth-order valence-electron chi connectivity index (χ4n) is 4.85. The van der Waals surface area contributed by atoms with Crippen molar-refractivity contribution < 1.29 is 18.8 Å². The number of benzene rings is 1. The molecule has 1 aliphatic heterocycles. The molecule has 3 atom stereocenters.